The number of hydrogen-bond donors (Lipinski definition) is 0. The van der Waals surface area contributed by atoms with E-state index in [2.05, 4.69) is 218 Å². The van der Waals surface area contributed by atoms with Crippen molar-refractivity contribution in [3.63, 3.8) is 0 Å². The summed E-state index contributed by atoms with van der Waals surface area (Å²) in [7, 11) is 0. The minimum absolute atomic E-state index is 0.298. The predicted molar refractivity (Wildman–Crippen MR) is 300 cm³/mol. The molecule has 0 saturated heterocycles. The van der Waals surface area contributed by atoms with E-state index in [1.165, 1.54) is 0 Å². The molecule has 6 bridgehead atoms. The molecule has 0 fully saturated rings. The molecule has 13 rings (SSSR count). The molecule has 6 nitrogen and oxygen atoms in total. The molecule has 4 heterocycles. The van der Waals surface area contributed by atoms with Gasteiger partial charge in [0.15, 0.2) is 0 Å². The average Bonchev–Trinajstić information content (AvgIpc) is 3.45. The van der Waals surface area contributed by atoms with Gasteiger partial charge >= 0.3 is 0 Å². The molecule has 0 spiro atoms. The number of hydrogen-bond acceptors (Lipinski definition) is 6. The second-order valence-electron chi connectivity index (χ2n) is 17.8. The highest BCUT2D eigenvalue weighted by Crippen LogP contribution is 2.38. The summed E-state index contributed by atoms with van der Waals surface area (Å²) in [6.45, 7) is 0. The zero-order chi connectivity index (χ0) is 48.6. The fraction of sp³-hybridized carbons (Fsp3) is 0.0909. The molecule has 0 amide bonds. The fourth-order valence-corrected chi connectivity index (χ4v) is 9.00. The highest BCUT2D eigenvalue weighted by atomic mass is 14.9. The maximum Gasteiger partial charge on any atom is 0.101 e. The number of rotatable bonds is 6. The van der Waals surface area contributed by atoms with Crippen LogP contribution in [-0.4, -0.2) is 37.3 Å². The van der Waals surface area contributed by atoms with Gasteiger partial charge in [0.05, 0.1) is 0 Å². The van der Waals surface area contributed by atoms with Crippen LogP contribution < -0.4 is 0 Å². The van der Waals surface area contributed by atoms with E-state index >= 15 is 0 Å². The number of nitrogens with zero attached hydrogens (tertiary/aromatic N) is 6. The van der Waals surface area contributed by atoms with Crippen LogP contribution in [0, 0.1) is 0 Å². The van der Waals surface area contributed by atoms with E-state index in [1.54, 1.807) is 0 Å². The Morgan fingerprint density at radius 2 is 0.278 bits per heavy atom. The Morgan fingerprint density at radius 1 is 0.153 bits per heavy atom. The van der Waals surface area contributed by atoms with Crippen LogP contribution in [0.15, 0.2) is 285 Å². The lowest BCUT2D eigenvalue weighted by Crippen LogP contribution is -2.09. The highest BCUT2D eigenvalue weighted by Gasteiger charge is 2.26. The second kappa shape index (κ2) is 23.5. The van der Waals surface area contributed by atoms with E-state index in [9.17, 15) is 0 Å². The molecule has 6 atom stereocenters. The van der Waals surface area contributed by atoms with Crippen LogP contribution in [0.1, 0.15) is 103 Å². The number of aliphatic imine (C=N–C) groups is 6. The SMILES string of the molecule is C1=N[C@H](c2ccccc2)[C@@H](c2ccccc2)N=Cc2ccc(cc2)C=N[C@H](c2ccccc2)[C@@H](c2ccccc2)N=Cc2ccc(cc2)C=N[C@H](c2ccccc2)[C@@H](c2ccccc2)N=Cc2ccc1cc2. The zero-order valence-corrected chi connectivity index (χ0v) is 39.9. The highest BCUT2D eigenvalue weighted by molar-refractivity contribution is 5.87. The number of fused-ring (bicyclic) bond motifs is 3. The van der Waals surface area contributed by atoms with Crippen LogP contribution >= 0.6 is 0 Å². The molecular formula is C66H54N6. The molecule has 0 N–H and O–H groups in total. The first-order valence-electron chi connectivity index (χ1n) is 24.5. The van der Waals surface area contributed by atoms with E-state index in [0.717, 1.165) is 66.8 Å². The third-order valence-corrected chi connectivity index (χ3v) is 12.9. The second-order valence-corrected chi connectivity index (χ2v) is 17.8. The Morgan fingerprint density at radius 3 is 0.403 bits per heavy atom. The summed E-state index contributed by atoms with van der Waals surface area (Å²) < 4.78 is 0. The third-order valence-electron chi connectivity index (χ3n) is 12.9. The van der Waals surface area contributed by atoms with Crippen molar-refractivity contribution in [1.29, 1.82) is 0 Å². The average molecular weight is 931 g/mol. The molecule has 0 aliphatic carbocycles. The molecule has 9 aromatic rings. The monoisotopic (exact) mass is 930 g/mol. The van der Waals surface area contributed by atoms with Gasteiger partial charge in [-0.3, -0.25) is 30.0 Å². The van der Waals surface area contributed by atoms with Gasteiger partial charge in [-0.05, 0) is 66.8 Å². The van der Waals surface area contributed by atoms with Crippen LogP contribution in [-0.2, 0) is 0 Å². The zero-order valence-electron chi connectivity index (χ0n) is 39.9. The van der Waals surface area contributed by atoms with Crippen molar-refractivity contribution < 1.29 is 0 Å². The van der Waals surface area contributed by atoms with Crippen molar-refractivity contribution in [2.45, 2.75) is 36.3 Å². The lowest BCUT2D eigenvalue weighted by Gasteiger charge is -2.22. The van der Waals surface area contributed by atoms with Gasteiger partial charge in [0.25, 0.3) is 0 Å². The molecule has 4 aliphatic heterocycles. The van der Waals surface area contributed by atoms with Crippen molar-refractivity contribution >= 4 is 37.3 Å². The van der Waals surface area contributed by atoms with E-state index < -0.39 is 0 Å². The molecular weight excluding hydrogens is 877 g/mol. The topological polar surface area (TPSA) is 74.2 Å². The molecule has 72 heavy (non-hydrogen) atoms. The lowest BCUT2D eigenvalue weighted by molar-refractivity contribution is 0.583. The van der Waals surface area contributed by atoms with E-state index in [4.69, 9.17) is 30.0 Å². The summed E-state index contributed by atoms with van der Waals surface area (Å²) >= 11 is 0. The molecule has 9 aromatic carbocycles. The van der Waals surface area contributed by atoms with Crippen molar-refractivity contribution in [3.8, 4) is 0 Å². The summed E-state index contributed by atoms with van der Waals surface area (Å²) in [5.74, 6) is 0. The Bertz CT molecular complexity index is 2680. The third kappa shape index (κ3) is 12.0. The van der Waals surface area contributed by atoms with Crippen molar-refractivity contribution in [1.82, 2.24) is 0 Å². The smallest absolute Gasteiger partial charge is 0.101 e. The van der Waals surface area contributed by atoms with Crippen LogP contribution in [0.4, 0.5) is 0 Å². The number of benzene rings is 9. The maximum absolute atomic E-state index is 5.31. The normalized spacial score (nSPS) is 19.3. The Hall–Kier alpha value is -9.00. The summed E-state index contributed by atoms with van der Waals surface area (Å²) in [6, 6.07) is 86.0. The first kappa shape index (κ1) is 46.7. The Balaban J connectivity index is 1.08. The van der Waals surface area contributed by atoms with Crippen LogP contribution in [0.2, 0.25) is 0 Å². The summed E-state index contributed by atoms with van der Waals surface area (Å²) in [4.78, 5) is 31.9. The predicted octanol–water partition coefficient (Wildman–Crippen LogP) is 15.1. The van der Waals surface area contributed by atoms with Gasteiger partial charge in [-0.15, -0.1) is 0 Å². The maximum atomic E-state index is 5.31. The van der Waals surface area contributed by atoms with Gasteiger partial charge in [0, 0.05) is 37.3 Å². The van der Waals surface area contributed by atoms with Crippen LogP contribution in [0.3, 0.4) is 0 Å². The first-order chi connectivity index (χ1) is 35.7. The Labute approximate surface area is 423 Å². The van der Waals surface area contributed by atoms with Gasteiger partial charge in [0.2, 0.25) is 0 Å². The molecule has 6 heteroatoms. The van der Waals surface area contributed by atoms with Gasteiger partial charge in [-0.1, -0.05) is 255 Å². The lowest BCUT2D eigenvalue weighted by atomic mass is 9.94. The first-order valence-corrected chi connectivity index (χ1v) is 24.5. The van der Waals surface area contributed by atoms with Crippen molar-refractivity contribution in [2.24, 2.45) is 30.0 Å². The largest absolute Gasteiger partial charge is 0.282 e. The van der Waals surface area contributed by atoms with Crippen molar-refractivity contribution in [3.05, 3.63) is 322 Å². The van der Waals surface area contributed by atoms with Gasteiger partial charge in [-0.2, -0.15) is 0 Å². The molecule has 0 unspecified atom stereocenters. The molecule has 348 valence electrons. The summed E-state index contributed by atoms with van der Waals surface area (Å²) in [5, 5.41) is 0. The molecule has 4 aliphatic rings. The van der Waals surface area contributed by atoms with Crippen LogP contribution in [0.5, 0.6) is 0 Å². The molecule has 0 saturated carbocycles. The minimum atomic E-state index is -0.298. The van der Waals surface area contributed by atoms with Crippen LogP contribution in [0.25, 0.3) is 0 Å². The fourth-order valence-electron chi connectivity index (χ4n) is 9.00. The summed E-state index contributed by atoms with van der Waals surface area (Å²) in [6.07, 6.45) is 11.8. The molecule has 0 radical (unpaired) electrons. The van der Waals surface area contributed by atoms with Crippen molar-refractivity contribution in [2.75, 3.05) is 0 Å². The van der Waals surface area contributed by atoms with E-state index in [-0.39, 0.29) is 36.3 Å². The minimum Gasteiger partial charge on any atom is -0.282 e. The molecule has 0 aromatic heterocycles. The van der Waals surface area contributed by atoms with Gasteiger partial charge in [-0.25, -0.2) is 0 Å². The van der Waals surface area contributed by atoms with E-state index in [0.29, 0.717) is 0 Å². The van der Waals surface area contributed by atoms with Gasteiger partial charge < -0.3 is 0 Å². The summed E-state index contributed by atoms with van der Waals surface area (Å²) in [5.41, 5.74) is 12.3. The quantitative estimate of drug-likeness (QED) is 0.159. The standard InChI is InChI=1S/C66H54N6/c1-7-19-55(20-8-1)61-62(56-21-9-2-10-22-56)68-44-50-35-37-52(38-36-50)46-70-65(59-27-15-5-16-28-59)66(60-29-17-6-18-30-60)72-48-54-41-39-53(40-42-54)47-71-64(58-25-13-4-14-26-58)63(57-23-11-3-12-24-57)69-45-51-33-31-49(32-34-51)43-67-61/h1-48,61-66H/t61-,62-,63-,64-,65-,66-/m1/s1. The Kier molecular flexibility index (Phi) is 15.3. The van der Waals surface area contributed by atoms with Gasteiger partial charge in [0.1, 0.15) is 36.3 Å². The van der Waals surface area contributed by atoms with E-state index in [1.807, 2.05) is 73.7 Å².